The Hall–Kier alpha value is -2.81. The van der Waals surface area contributed by atoms with Crippen molar-refractivity contribution >= 4 is 17.4 Å². The summed E-state index contributed by atoms with van der Waals surface area (Å²) in [5.41, 5.74) is 3.39. The van der Waals surface area contributed by atoms with Gasteiger partial charge in [-0.3, -0.25) is 0 Å². The predicted molar refractivity (Wildman–Crippen MR) is 99.7 cm³/mol. The van der Waals surface area contributed by atoms with Gasteiger partial charge in [-0.1, -0.05) is 0 Å². The Labute approximate surface area is 156 Å². The molecule has 2 aliphatic rings. The molecule has 0 bridgehead atoms. The molecular weight excluding hydrogens is 344 g/mol. The van der Waals surface area contributed by atoms with Crippen LogP contribution in [0, 0.1) is 5.92 Å². The first-order chi connectivity index (χ1) is 13.3. The van der Waals surface area contributed by atoms with Crippen LogP contribution in [0.15, 0.2) is 18.5 Å². The molecule has 0 radical (unpaired) electrons. The molecule has 1 aliphatic heterocycles. The van der Waals surface area contributed by atoms with E-state index in [4.69, 9.17) is 4.74 Å². The first kappa shape index (κ1) is 16.4. The molecule has 1 aliphatic carbocycles. The molecular formula is C18H22N8O. The molecule has 0 atom stereocenters. The number of methoxy groups -OCH3 is 1. The second-order valence-corrected chi connectivity index (χ2v) is 7.22. The maximum Gasteiger partial charge on any atom is 0.254 e. The van der Waals surface area contributed by atoms with Crippen LogP contribution >= 0.6 is 0 Å². The van der Waals surface area contributed by atoms with Gasteiger partial charge in [-0.15, -0.1) is 5.10 Å². The maximum absolute atomic E-state index is 5.19. The number of anilines is 2. The summed E-state index contributed by atoms with van der Waals surface area (Å²) >= 11 is 0. The molecule has 5 rings (SSSR count). The number of ether oxygens (including phenoxy) is 1. The van der Waals surface area contributed by atoms with Crippen LogP contribution in [0.2, 0.25) is 0 Å². The molecule has 3 aromatic rings. The van der Waals surface area contributed by atoms with Crippen molar-refractivity contribution in [2.75, 3.05) is 37.0 Å². The molecule has 0 aromatic carbocycles. The van der Waals surface area contributed by atoms with Gasteiger partial charge in [0, 0.05) is 38.7 Å². The van der Waals surface area contributed by atoms with Gasteiger partial charge in [-0.05, 0) is 30.9 Å². The number of nitrogens with zero attached hydrogens (tertiary/aromatic N) is 7. The third-order valence-electron chi connectivity index (χ3n) is 5.26. The molecule has 27 heavy (non-hydrogen) atoms. The molecule has 0 unspecified atom stereocenters. The first-order valence-corrected chi connectivity index (χ1v) is 9.33. The predicted octanol–water partition coefficient (Wildman–Crippen LogP) is 1.10. The van der Waals surface area contributed by atoms with Crippen LogP contribution < -0.4 is 10.2 Å². The van der Waals surface area contributed by atoms with Crippen LogP contribution in [0.1, 0.15) is 23.4 Å². The summed E-state index contributed by atoms with van der Waals surface area (Å²) in [5, 5.41) is 16.5. The topological polar surface area (TPSA) is 93.4 Å². The van der Waals surface area contributed by atoms with Gasteiger partial charge in [0.05, 0.1) is 18.0 Å². The average Bonchev–Trinajstić information content (AvgIpc) is 3.29. The summed E-state index contributed by atoms with van der Waals surface area (Å²) in [4.78, 5) is 10.9. The number of hydrogen-bond donors (Lipinski definition) is 1. The van der Waals surface area contributed by atoms with Gasteiger partial charge in [0.2, 0.25) is 0 Å². The Bertz CT molecular complexity index is 965. The highest BCUT2D eigenvalue weighted by molar-refractivity contribution is 5.47. The monoisotopic (exact) mass is 366 g/mol. The van der Waals surface area contributed by atoms with Crippen molar-refractivity contribution in [3.8, 4) is 0 Å². The van der Waals surface area contributed by atoms with Gasteiger partial charge in [-0.2, -0.15) is 19.7 Å². The number of hydrogen-bond acceptors (Lipinski definition) is 8. The quantitative estimate of drug-likeness (QED) is 0.693. The minimum atomic E-state index is 0.451. The van der Waals surface area contributed by atoms with Crippen LogP contribution in [0.4, 0.5) is 11.6 Å². The van der Waals surface area contributed by atoms with Crippen LogP contribution in [0.5, 0.6) is 0 Å². The molecule has 0 saturated carbocycles. The number of aryl methyl sites for hydroxylation is 2. The van der Waals surface area contributed by atoms with Crippen molar-refractivity contribution in [2.45, 2.75) is 25.9 Å². The Balaban J connectivity index is 1.22. The molecule has 140 valence electrons. The van der Waals surface area contributed by atoms with Crippen LogP contribution in [0.25, 0.3) is 5.78 Å². The Kier molecular flexibility index (Phi) is 4.08. The minimum Gasteiger partial charge on any atom is -0.378 e. The largest absolute Gasteiger partial charge is 0.378 e. The molecule has 0 spiro atoms. The number of fused-ring (bicyclic) bond motifs is 2. The van der Waals surface area contributed by atoms with Gasteiger partial charge in [-0.25, -0.2) is 4.98 Å². The van der Waals surface area contributed by atoms with E-state index in [-0.39, 0.29) is 0 Å². The fraction of sp³-hybridized carbons (Fsp3) is 0.500. The standard InChI is InChI=1S/C18H22N8O/c1-27-10-14-6-16(26-18(22-14)20-11-21-26)19-7-12-8-25(9-12)17-5-13-3-2-4-15(13)23-24-17/h5-6,11-12,19H,2-4,7-10H2,1H3. The summed E-state index contributed by atoms with van der Waals surface area (Å²) in [5.74, 6) is 3.03. The number of nitrogens with one attached hydrogen (secondary N) is 1. The second-order valence-electron chi connectivity index (χ2n) is 7.22. The summed E-state index contributed by atoms with van der Waals surface area (Å²) in [7, 11) is 1.66. The molecule has 0 amide bonds. The van der Waals surface area contributed by atoms with Crippen molar-refractivity contribution in [1.29, 1.82) is 0 Å². The molecule has 9 nitrogen and oxygen atoms in total. The van der Waals surface area contributed by atoms with Crippen molar-refractivity contribution in [3.63, 3.8) is 0 Å². The summed E-state index contributed by atoms with van der Waals surface area (Å²) in [6.07, 6.45) is 4.93. The van der Waals surface area contributed by atoms with Gasteiger partial charge < -0.3 is 15.0 Å². The fourth-order valence-corrected chi connectivity index (χ4v) is 3.82. The highest BCUT2D eigenvalue weighted by Gasteiger charge is 2.29. The van der Waals surface area contributed by atoms with Crippen LogP contribution in [-0.2, 0) is 24.2 Å². The summed E-state index contributed by atoms with van der Waals surface area (Å²) in [6.45, 7) is 3.28. The Morgan fingerprint density at radius 2 is 2.15 bits per heavy atom. The van der Waals surface area contributed by atoms with Crippen molar-refractivity contribution < 1.29 is 4.74 Å². The second kappa shape index (κ2) is 6.73. The van der Waals surface area contributed by atoms with E-state index in [1.807, 2.05) is 6.07 Å². The summed E-state index contributed by atoms with van der Waals surface area (Å²) < 4.78 is 6.92. The molecule has 1 N–H and O–H groups in total. The third kappa shape index (κ3) is 3.08. The summed E-state index contributed by atoms with van der Waals surface area (Å²) in [6, 6.07) is 4.19. The highest BCUT2D eigenvalue weighted by Crippen LogP contribution is 2.27. The lowest BCUT2D eigenvalue weighted by Gasteiger charge is -2.40. The average molecular weight is 366 g/mol. The van der Waals surface area contributed by atoms with Gasteiger partial charge >= 0.3 is 0 Å². The third-order valence-corrected chi connectivity index (χ3v) is 5.26. The van der Waals surface area contributed by atoms with E-state index in [0.717, 1.165) is 49.8 Å². The van der Waals surface area contributed by atoms with Crippen molar-refractivity contribution in [1.82, 2.24) is 29.8 Å². The Morgan fingerprint density at radius 1 is 1.22 bits per heavy atom. The lowest BCUT2D eigenvalue weighted by molar-refractivity contribution is 0.181. The van der Waals surface area contributed by atoms with E-state index in [1.54, 1.807) is 11.6 Å². The SMILES string of the molecule is COCc1cc(NCC2CN(c3cc4c(nn3)CCC4)C2)n2ncnc2n1. The lowest BCUT2D eigenvalue weighted by atomic mass is 10.00. The zero-order valence-electron chi connectivity index (χ0n) is 15.3. The smallest absolute Gasteiger partial charge is 0.254 e. The van der Waals surface area contributed by atoms with E-state index in [2.05, 4.69) is 41.5 Å². The van der Waals surface area contributed by atoms with E-state index < -0.39 is 0 Å². The molecule has 4 heterocycles. The van der Waals surface area contributed by atoms with E-state index in [1.165, 1.54) is 24.0 Å². The Morgan fingerprint density at radius 3 is 3.04 bits per heavy atom. The first-order valence-electron chi connectivity index (χ1n) is 9.33. The molecule has 9 heteroatoms. The highest BCUT2D eigenvalue weighted by atomic mass is 16.5. The number of rotatable bonds is 6. The van der Waals surface area contributed by atoms with Crippen molar-refractivity contribution in [2.24, 2.45) is 5.92 Å². The van der Waals surface area contributed by atoms with Gasteiger partial charge in [0.25, 0.3) is 5.78 Å². The fourth-order valence-electron chi connectivity index (χ4n) is 3.82. The number of aromatic nitrogens is 6. The molecule has 1 saturated heterocycles. The lowest BCUT2D eigenvalue weighted by Crippen LogP contribution is -2.50. The normalized spacial score (nSPS) is 16.6. The van der Waals surface area contributed by atoms with E-state index in [0.29, 0.717) is 18.3 Å². The van der Waals surface area contributed by atoms with Crippen molar-refractivity contribution in [3.05, 3.63) is 35.4 Å². The van der Waals surface area contributed by atoms with Crippen LogP contribution in [-0.4, -0.2) is 56.5 Å². The zero-order chi connectivity index (χ0) is 18.2. The zero-order valence-corrected chi connectivity index (χ0v) is 15.3. The molecule has 3 aromatic heterocycles. The van der Waals surface area contributed by atoms with E-state index in [9.17, 15) is 0 Å². The maximum atomic E-state index is 5.19. The molecule has 1 fully saturated rings. The van der Waals surface area contributed by atoms with E-state index >= 15 is 0 Å². The minimum absolute atomic E-state index is 0.451. The van der Waals surface area contributed by atoms with Gasteiger partial charge in [0.15, 0.2) is 5.82 Å². The van der Waals surface area contributed by atoms with Crippen LogP contribution in [0.3, 0.4) is 0 Å². The van der Waals surface area contributed by atoms with Gasteiger partial charge in [0.1, 0.15) is 12.1 Å².